The molecule has 0 saturated heterocycles. The van der Waals surface area contributed by atoms with E-state index in [9.17, 15) is 4.79 Å². The Bertz CT molecular complexity index is 610. The standard InChI is InChI=1S/C17H21NOS/c1-2-7-14-13-10-5-6-11-15(13)20-16(14)17(19)18-12-8-3-4-9-12/h5-6,10-12H,2-4,7-9H2,1H3,(H,18,19). The van der Waals surface area contributed by atoms with E-state index < -0.39 is 0 Å². The number of carbonyl (C=O) groups excluding carboxylic acids is 1. The van der Waals surface area contributed by atoms with Gasteiger partial charge >= 0.3 is 0 Å². The zero-order valence-electron chi connectivity index (χ0n) is 11.9. The number of benzene rings is 1. The van der Waals surface area contributed by atoms with E-state index in [1.165, 1.54) is 28.5 Å². The van der Waals surface area contributed by atoms with Gasteiger partial charge in [-0.25, -0.2) is 0 Å². The maximum atomic E-state index is 12.6. The first-order valence-corrected chi connectivity index (χ1v) is 8.42. The molecular formula is C17H21NOS. The smallest absolute Gasteiger partial charge is 0.261 e. The first-order valence-electron chi connectivity index (χ1n) is 7.61. The molecule has 1 heterocycles. The molecule has 1 fully saturated rings. The highest BCUT2D eigenvalue weighted by Gasteiger charge is 2.22. The van der Waals surface area contributed by atoms with Crippen molar-refractivity contribution in [1.29, 1.82) is 0 Å². The highest BCUT2D eigenvalue weighted by Crippen LogP contribution is 2.32. The fourth-order valence-corrected chi connectivity index (χ4v) is 4.26. The molecule has 2 aromatic rings. The third kappa shape index (κ3) is 2.59. The summed E-state index contributed by atoms with van der Waals surface area (Å²) >= 11 is 1.64. The minimum Gasteiger partial charge on any atom is -0.349 e. The fourth-order valence-electron chi connectivity index (χ4n) is 3.10. The molecular weight excluding hydrogens is 266 g/mol. The summed E-state index contributed by atoms with van der Waals surface area (Å²) in [6.07, 6.45) is 6.83. The summed E-state index contributed by atoms with van der Waals surface area (Å²) in [4.78, 5) is 13.5. The molecule has 3 heteroatoms. The number of thiophene rings is 1. The summed E-state index contributed by atoms with van der Waals surface area (Å²) < 4.78 is 1.23. The predicted molar refractivity (Wildman–Crippen MR) is 85.5 cm³/mol. The van der Waals surface area contributed by atoms with Gasteiger partial charge in [-0.3, -0.25) is 4.79 Å². The lowest BCUT2D eigenvalue weighted by Gasteiger charge is -2.11. The normalized spacial score (nSPS) is 15.8. The van der Waals surface area contributed by atoms with Crippen molar-refractivity contribution < 1.29 is 4.79 Å². The van der Waals surface area contributed by atoms with E-state index in [1.807, 2.05) is 6.07 Å². The van der Waals surface area contributed by atoms with Gasteiger partial charge in [-0.2, -0.15) is 0 Å². The first kappa shape index (κ1) is 13.6. The molecule has 0 bridgehead atoms. The van der Waals surface area contributed by atoms with E-state index in [0.29, 0.717) is 6.04 Å². The molecule has 1 amide bonds. The van der Waals surface area contributed by atoms with Crippen LogP contribution in [0.5, 0.6) is 0 Å². The van der Waals surface area contributed by atoms with Crippen LogP contribution in [0.1, 0.15) is 54.3 Å². The lowest BCUT2D eigenvalue weighted by atomic mass is 10.1. The topological polar surface area (TPSA) is 29.1 Å². The Morgan fingerprint density at radius 3 is 2.80 bits per heavy atom. The van der Waals surface area contributed by atoms with Gasteiger partial charge in [0.15, 0.2) is 0 Å². The van der Waals surface area contributed by atoms with E-state index >= 15 is 0 Å². The van der Waals surface area contributed by atoms with Crippen molar-refractivity contribution in [2.75, 3.05) is 0 Å². The van der Waals surface area contributed by atoms with Gasteiger partial charge in [-0.1, -0.05) is 44.4 Å². The van der Waals surface area contributed by atoms with Gasteiger partial charge in [0, 0.05) is 10.7 Å². The molecule has 1 aliphatic carbocycles. The lowest BCUT2D eigenvalue weighted by Crippen LogP contribution is -2.32. The molecule has 3 rings (SSSR count). The number of nitrogens with one attached hydrogen (secondary N) is 1. The molecule has 1 aromatic heterocycles. The number of aryl methyl sites for hydroxylation is 1. The van der Waals surface area contributed by atoms with Gasteiger partial charge in [0.1, 0.15) is 0 Å². The number of amides is 1. The first-order chi connectivity index (χ1) is 9.79. The van der Waals surface area contributed by atoms with Crippen molar-refractivity contribution in [3.8, 4) is 0 Å². The minimum atomic E-state index is 0.140. The third-order valence-corrected chi connectivity index (χ3v) is 5.31. The molecule has 20 heavy (non-hydrogen) atoms. The Morgan fingerprint density at radius 1 is 1.30 bits per heavy atom. The predicted octanol–water partition coefficient (Wildman–Crippen LogP) is 4.53. The van der Waals surface area contributed by atoms with Crippen molar-refractivity contribution in [3.63, 3.8) is 0 Å². The van der Waals surface area contributed by atoms with Crippen molar-refractivity contribution in [3.05, 3.63) is 34.7 Å². The second kappa shape index (κ2) is 5.96. The van der Waals surface area contributed by atoms with Crippen LogP contribution >= 0.6 is 11.3 Å². The van der Waals surface area contributed by atoms with Crippen LogP contribution in [0.15, 0.2) is 24.3 Å². The van der Waals surface area contributed by atoms with Gasteiger partial charge in [0.25, 0.3) is 5.91 Å². The second-order valence-corrected chi connectivity index (χ2v) is 6.66. The van der Waals surface area contributed by atoms with Crippen LogP contribution in [-0.2, 0) is 6.42 Å². The van der Waals surface area contributed by atoms with Crippen LogP contribution in [0.4, 0.5) is 0 Å². The maximum absolute atomic E-state index is 12.6. The fraction of sp³-hybridized carbons (Fsp3) is 0.471. The Kier molecular flexibility index (Phi) is 4.06. The highest BCUT2D eigenvalue weighted by molar-refractivity contribution is 7.21. The number of hydrogen-bond acceptors (Lipinski definition) is 2. The Morgan fingerprint density at radius 2 is 2.05 bits per heavy atom. The number of carbonyl (C=O) groups is 1. The molecule has 1 aromatic carbocycles. The van der Waals surface area contributed by atoms with Crippen molar-refractivity contribution >= 4 is 27.3 Å². The van der Waals surface area contributed by atoms with E-state index in [0.717, 1.165) is 30.6 Å². The van der Waals surface area contributed by atoms with Crippen molar-refractivity contribution in [1.82, 2.24) is 5.32 Å². The summed E-state index contributed by atoms with van der Waals surface area (Å²) in [5.74, 6) is 0.140. The zero-order valence-corrected chi connectivity index (χ0v) is 12.8. The van der Waals surface area contributed by atoms with E-state index in [-0.39, 0.29) is 5.91 Å². The highest BCUT2D eigenvalue weighted by atomic mass is 32.1. The summed E-state index contributed by atoms with van der Waals surface area (Å²) in [6.45, 7) is 2.17. The van der Waals surface area contributed by atoms with E-state index in [2.05, 4.69) is 30.4 Å². The van der Waals surface area contributed by atoms with Crippen LogP contribution in [0.3, 0.4) is 0 Å². The number of rotatable bonds is 4. The Hall–Kier alpha value is -1.35. The molecule has 0 spiro atoms. The molecule has 2 nitrogen and oxygen atoms in total. The van der Waals surface area contributed by atoms with Gasteiger partial charge in [-0.05, 0) is 36.3 Å². The molecule has 1 N–H and O–H groups in total. The molecule has 0 atom stereocenters. The Balaban J connectivity index is 1.92. The lowest BCUT2D eigenvalue weighted by molar-refractivity contribution is 0.0941. The Labute approximate surface area is 124 Å². The van der Waals surface area contributed by atoms with Crippen LogP contribution in [0.2, 0.25) is 0 Å². The summed E-state index contributed by atoms with van der Waals surface area (Å²) in [7, 11) is 0. The van der Waals surface area contributed by atoms with Crippen LogP contribution in [0, 0.1) is 0 Å². The molecule has 0 unspecified atom stereocenters. The summed E-state index contributed by atoms with van der Waals surface area (Å²) in [6, 6.07) is 8.76. The zero-order chi connectivity index (χ0) is 13.9. The molecule has 0 aliphatic heterocycles. The van der Waals surface area contributed by atoms with Crippen molar-refractivity contribution in [2.24, 2.45) is 0 Å². The van der Waals surface area contributed by atoms with Crippen LogP contribution < -0.4 is 5.32 Å². The molecule has 1 saturated carbocycles. The SMILES string of the molecule is CCCc1c(C(=O)NC2CCCC2)sc2ccccc12. The molecule has 0 radical (unpaired) electrons. The molecule has 1 aliphatic rings. The summed E-state index contributed by atoms with van der Waals surface area (Å²) in [5, 5.41) is 4.49. The largest absolute Gasteiger partial charge is 0.349 e. The average Bonchev–Trinajstić information content (AvgIpc) is 3.07. The number of fused-ring (bicyclic) bond motifs is 1. The van der Waals surface area contributed by atoms with E-state index in [4.69, 9.17) is 0 Å². The van der Waals surface area contributed by atoms with E-state index in [1.54, 1.807) is 11.3 Å². The van der Waals surface area contributed by atoms with Gasteiger partial charge in [0.05, 0.1) is 4.88 Å². The summed E-state index contributed by atoms with van der Waals surface area (Å²) in [5.41, 5.74) is 1.24. The maximum Gasteiger partial charge on any atom is 0.261 e. The minimum absolute atomic E-state index is 0.140. The molecule has 106 valence electrons. The van der Waals surface area contributed by atoms with Gasteiger partial charge in [0.2, 0.25) is 0 Å². The number of hydrogen-bond donors (Lipinski definition) is 1. The van der Waals surface area contributed by atoms with Crippen LogP contribution in [-0.4, -0.2) is 11.9 Å². The monoisotopic (exact) mass is 287 g/mol. The third-order valence-electron chi connectivity index (χ3n) is 4.09. The average molecular weight is 287 g/mol. The van der Waals surface area contributed by atoms with Crippen molar-refractivity contribution in [2.45, 2.75) is 51.5 Å². The van der Waals surface area contributed by atoms with Gasteiger partial charge < -0.3 is 5.32 Å². The second-order valence-electron chi connectivity index (χ2n) is 5.61. The van der Waals surface area contributed by atoms with Gasteiger partial charge in [-0.15, -0.1) is 11.3 Å². The quantitative estimate of drug-likeness (QED) is 0.879. The van der Waals surface area contributed by atoms with Crippen LogP contribution in [0.25, 0.3) is 10.1 Å².